The van der Waals surface area contributed by atoms with Gasteiger partial charge in [0.1, 0.15) is 0 Å². The van der Waals surface area contributed by atoms with Gasteiger partial charge in [0.2, 0.25) is 0 Å². The van der Waals surface area contributed by atoms with Gasteiger partial charge in [-0.05, 0) is 139 Å². The van der Waals surface area contributed by atoms with Crippen LogP contribution >= 0.6 is 11.8 Å². The predicted molar refractivity (Wildman–Crippen MR) is 290 cm³/mol. The van der Waals surface area contributed by atoms with Gasteiger partial charge in [-0.3, -0.25) is 0 Å². The Morgan fingerprint density at radius 1 is 0.449 bits per heavy atom. The van der Waals surface area contributed by atoms with Gasteiger partial charge in [0.15, 0.2) is 0 Å². The highest BCUT2D eigenvalue weighted by atomic mass is 32.2. The van der Waals surface area contributed by atoms with E-state index in [0.29, 0.717) is 29.6 Å². The summed E-state index contributed by atoms with van der Waals surface area (Å²) in [5.41, 5.74) is 18.7. The van der Waals surface area contributed by atoms with Gasteiger partial charge < -0.3 is 0 Å². The molecule has 1 spiro atoms. The van der Waals surface area contributed by atoms with Crippen LogP contribution in [-0.2, 0) is 5.41 Å². The summed E-state index contributed by atoms with van der Waals surface area (Å²) in [7, 11) is 0. The molecule has 1 aromatic heterocycles. The lowest BCUT2D eigenvalue weighted by molar-refractivity contribution is 0.274. The van der Waals surface area contributed by atoms with Crippen molar-refractivity contribution < 1.29 is 0 Å². The second kappa shape index (κ2) is 16.8. The minimum Gasteiger partial charge on any atom is -0.247 e. The number of hydrogen-bond acceptors (Lipinski definition) is 2. The van der Waals surface area contributed by atoms with Gasteiger partial charge in [0, 0.05) is 32.0 Å². The molecule has 5 atom stereocenters. The Kier molecular flexibility index (Phi) is 10.2. The van der Waals surface area contributed by atoms with Crippen LogP contribution in [0.25, 0.3) is 60.8 Å². The standard InChI is InChI=1S/C67H53NS/c1-4-50-53(39-52(45-20-8-5-9-21-45)42(2)43(3)65(50)47-22-10-6-11-23-47)46-34-32-44(33-35-46)49-36-37-58-55(38-49)56-40-57-54(51-26-14-17-29-62(51)68-66(57)48-24-12-7-13-25-48)41-61(56)67(58)59-27-15-18-30-63(59)69-64-31-19-16-28-60(64)67/h5-43,50,52,65H,4H2,1-3H3. The lowest BCUT2D eigenvalue weighted by atomic mass is 9.67. The Bertz CT molecular complexity index is 3570. The summed E-state index contributed by atoms with van der Waals surface area (Å²) in [5.74, 6) is 2.08. The molecule has 69 heavy (non-hydrogen) atoms. The fourth-order valence-electron chi connectivity index (χ4n) is 12.9. The van der Waals surface area contributed by atoms with Crippen LogP contribution in [0.1, 0.15) is 78.0 Å². The Labute approximate surface area is 410 Å². The lowest BCUT2D eigenvalue weighted by Crippen LogP contribution is -2.31. The van der Waals surface area contributed by atoms with Gasteiger partial charge in [-0.1, -0.05) is 221 Å². The van der Waals surface area contributed by atoms with Gasteiger partial charge in [0.25, 0.3) is 0 Å². The van der Waals surface area contributed by atoms with Crippen molar-refractivity contribution in [1.29, 1.82) is 0 Å². The van der Waals surface area contributed by atoms with E-state index in [4.69, 9.17) is 4.98 Å². The van der Waals surface area contributed by atoms with Gasteiger partial charge >= 0.3 is 0 Å². The van der Waals surface area contributed by atoms with Crippen LogP contribution in [0, 0.1) is 17.8 Å². The summed E-state index contributed by atoms with van der Waals surface area (Å²) in [5, 5.41) is 3.59. The highest BCUT2D eigenvalue weighted by molar-refractivity contribution is 7.99. The summed E-state index contributed by atoms with van der Waals surface area (Å²) in [4.78, 5) is 8.03. The van der Waals surface area contributed by atoms with Crippen molar-refractivity contribution >= 4 is 39.0 Å². The summed E-state index contributed by atoms with van der Waals surface area (Å²) < 4.78 is 0. The predicted octanol–water partition coefficient (Wildman–Crippen LogP) is 17.8. The normalized spacial score (nSPS) is 19.9. The van der Waals surface area contributed by atoms with E-state index in [1.807, 2.05) is 11.8 Å². The van der Waals surface area contributed by atoms with Crippen LogP contribution in [-0.4, -0.2) is 4.98 Å². The third-order valence-corrected chi connectivity index (χ3v) is 17.5. The summed E-state index contributed by atoms with van der Waals surface area (Å²) >= 11 is 1.90. The highest BCUT2D eigenvalue weighted by Gasteiger charge is 2.50. The molecule has 5 unspecified atom stereocenters. The molecular formula is C67H53NS. The average molecular weight is 904 g/mol. The first-order valence-corrected chi connectivity index (χ1v) is 25.7. The fraction of sp³-hybridized carbons (Fsp3) is 0.149. The maximum absolute atomic E-state index is 5.40. The molecule has 0 saturated carbocycles. The summed E-state index contributed by atoms with van der Waals surface area (Å²) in [6, 6.07) is 82.2. The Hall–Kier alpha value is -7.26. The minimum absolute atomic E-state index is 0.322. The molecule has 2 aliphatic carbocycles. The zero-order chi connectivity index (χ0) is 46.2. The smallest absolute Gasteiger partial charge is 0.0788 e. The minimum atomic E-state index is -0.503. The first-order chi connectivity index (χ1) is 34.0. The van der Waals surface area contributed by atoms with Crippen molar-refractivity contribution in [3.8, 4) is 33.5 Å². The van der Waals surface area contributed by atoms with E-state index in [1.165, 1.54) is 92.7 Å². The summed E-state index contributed by atoms with van der Waals surface area (Å²) in [6.45, 7) is 7.38. The van der Waals surface area contributed by atoms with Gasteiger partial charge in [-0.15, -0.1) is 0 Å². The Balaban J connectivity index is 1.01. The number of rotatable bonds is 6. The second-order valence-corrected chi connectivity index (χ2v) is 20.8. The number of nitrogens with zero attached hydrogens (tertiary/aromatic N) is 1. The van der Waals surface area contributed by atoms with Crippen molar-refractivity contribution in [1.82, 2.24) is 4.98 Å². The van der Waals surface area contributed by atoms with Crippen molar-refractivity contribution in [3.63, 3.8) is 0 Å². The van der Waals surface area contributed by atoms with E-state index >= 15 is 0 Å². The van der Waals surface area contributed by atoms with Crippen molar-refractivity contribution in [3.05, 3.63) is 263 Å². The van der Waals surface area contributed by atoms with E-state index in [2.05, 4.69) is 245 Å². The molecule has 13 rings (SSSR count). The summed E-state index contributed by atoms with van der Waals surface area (Å²) in [6.07, 6.45) is 3.73. The van der Waals surface area contributed by atoms with Crippen LogP contribution in [0.2, 0.25) is 0 Å². The van der Waals surface area contributed by atoms with Gasteiger partial charge in [0.05, 0.1) is 16.6 Å². The van der Waals surface area contributed by atoms with Crippen LogP contribution in [0.15, 0.2) is 234 Å². The number of fused-ring (bicyclic) bond motifs is 12. The molecule has 0 saturated heterocycles. The number of allylic oxidation sites excluding steroid dienone is 2. The molecule has 9 aromatic carbocycles. The molecule has 2 heteroatoms. The van der Waals surface area contributed by atoms with Gasteiger partial charge in [-0.25, -0.2) is 4.98 Å². The number of pyridine rings is 1. The largest absolute Gasteiger partial charge is 0.247 e. The van der Waals surface area contributed by atoms with Crippen LogP contribution < -0.4 is 0 Å². The van der Waals surface area contributed by atoms with E-state index in [1.54, 1.807) is 0 Å². The zero-order valence-corrected chi connectivity index (χ0v) is 40.1. The third kappa shape index (κ3) is 6.56. The SMILES string of the molecule is CCC1C(c2ccc(-c3ccc4c(c3)-c3cc5c(-c6ccccc6)nc6ccccc6c5cc3C43c4ccccc4Sc4ccccc43)cc2)=CC(c2ccccc2)C(C)C(C)C1c1ccccc1. The molecule has 2 heterocycles. The van der Waals surface area contributed by atoms with E-state index in [-0.39, 0.29) is 0 Å². The van der Waals surface area contributed by atoms with Gasteiger partial charge in [-0.2, -0.15) is 0 Å². The first kappa shape index (κ1) is 41.9. The zero-order valence-electron chi connectivity index (χ0n) is 39.3. The van der Waals surface area contributed by atoms with Crippen LogP contribution in [0.4, 0.5) is 0 Å². The topological polar surface area (TPSA) is 12.9 Å². The maximum atomic E-state index is 5.40. The van der Waals surface area contributed by atoms with E-state index < -0.39 is 5.41 Å². The number of aromatic nitrogens is 1. The molecule has 1 aliphatic heterocycles. The molecule has 0 N–H and O–H groups in total. The number of para-hydroxylation sites is 1. The Morgan fingerprint density at radius 2 is 1.03 bits per heavy atom. The molecule has 0 amide bonds. The van der Waals surface area contributed by atoms with Crippen molar-refractivity contribution in [2.24, 2.45) is 17.8 Å². The van der Waals surface area contributed by atoms with Crippen LogP contribution in [0.5, 0.6) is 0 Å². The molecule has 3 aliphatic rings. The quantitative estimate of drug-likeness (QED) is 0.154. The number of benzene rings is 9. The molecule has 0 radical (unpaired) electrons. The average Bonchev–Trinajstić information content (AvgIpc) is 3.62. The number of hydrogen-bond donors (Lipinski definition) is 0. The maximum Gasteiger partial charge on any atom is 0.0788 e. The van der Waals surface area contributed by atoms with Crippen molar-refractivity contribution in [2.45, 2.75) is 54.2 Å². The second-order valence-electron chi connectivity index (χ2n) is 19.7. The van der Waals surface area contributed by atoms with E-state index in [0.717, 1.165) is 23.2 Å². The highest BCUT2D eigenvalue weighted by Crippen LogP contribution is 2.63. The molecule has 10 aromatic rings. The fourth-order valence-corrected chi connectivity index (χ4v) is 14.1. The van der Waals surface area contributed by atoms with Crippen molar-refractivity contribution in [2.75, 3.05) is 0 Å². The third-order valence-electron chi connectivity index (χ3n) is 16.3. The first-order valence-electron chi connectivity index (χ1n) is 24.9. The Morgan fingerprint density at radius 3 is 1.72 bits per heavy atom. The molecule has 0 bridgehead atoms. The molecule has 1 nitrogen and oxygen atoms in total. The monoisotopic (exact) mass is 903 g/mol. The molecular weight excluding hydrogens is 851 g/mol. The molecule has 332 valence electrons. The molecule has 0 fully saturated rings. The van der Waals surface area contributed by atoms with E-state index in [9.17, 15) is 0 Å². The van der Waals surface area contributed by atoms with Crippen LogP contribution in [0.3, 0.4) is 0 Å². The lowest BCUT2D eigenvalue weighted by Gasteiger charge is -2.39.